The first kappa shape index (κ1) is 23.9. The van der Waals surface area contributed by atoms with Crippen molar-refractivity contribution in [2.24, 2.45) is 4.99 Å². The Morgan fingerprint density at radius 1 is 1.37 bits per heavy atom. The van der Waals surface area contributed by atoms with Gasteiger partial charge in [0.1, 0.15) is 17.7 Å². The van der Waals surface area contributed by atoms with Gasteiger partial charge in [0, 0.05) is 19.6 Å². The highest BCUT2D eigenvalue weighted by Gasteiger charge is 2.40. The van der Waals surface area contributed by atoms with Gasteiger partial charge in [-0.2, -0.15) is 0 Å². The number of aliphatic imine (C=N–C) groups is 1. The van der Waals surface area contributed by atoms with E-state index in [4.69, 9.17) is 4.74 Å². The molecule has 1 saturated heterocycles. The summed E-state index contributed by atoms with van der Waals surface area (Å²) < 4.78 is 42.3. The smallest absolute Gasteiger partial charge is 0.194 e. The Morgan fingerprint density at radius 2 is 2.00 bits per heavy atom. The molecule has 1 heterocycles. The molecule has 2 rings (SSSR count). The minimum atomic E-state index is -3.10. The highest BCUT2D eigenvalue weighted by molar-refractivity contribution is 14.0. The third-order valence-corrected chi connectivity index (χ3v) is 6.86. The maximum absolute atomic E-state index is 13.0. The first-order chi connectivity index (χ1) is 12.1. The van der Waals surface area contributed by atoms with Crippen LogP contribution in [0.4, 0.5) is 4.39 Å². The molecule has 9 heteroatoms. The summed E-state index contributed by atoms with van der Waals surface area (Å²) in [6.45, 7) is 9.27. The summed E-state index contributed by atoms with van der Waals surface area (Å²) in [7, 11) is -3.10. The second kappa shape index (κ2) is 9.90. The van der Waals surface area contributed by atoms with Crippen molar-refractivity contribution in [2.45, 2.75) is 38.5 Å². The zero-order valence-corrected chi connectivity index (χ0v) is 19.4. The van der Waals surface area contributed by atoms with E-state index in [-0.39, 0.29) is 41.7 Å². The zero-order chi connectivity index (χ0) is 19.4. The largest absolute Gasteiger partial charge is 0.489 e. The first-order valence-corrected chi connectivity index (χ1v) is 10.5. The number of benzene rings is 1. The van der Waals surface area contributed by atoms with Gasteiger partial charge in [-0.05, 0) is 52.0 Å². The predicted molar refractivity (Wildman–Crippen MR) is 117 cm³/mol. The fourth-order valence-corrected chi connectivity index (χ4v) is 4.11. The van der Waals surface area contributed by atoms with E-state index in [2.05, 4.69) is 10.3 Å². The summed E-state index contributed by atoms with van der Waals surface area (Å²) in [6, 6.07) is 5.87. The Morgan fingerprint density at radius 3 is 2.56 bits per heavy atom. The Kier molecular flexibility index (Phi) is 8.78. The number of nitrogens with one attached hydrogen (secondary N) is 1. The predicted octanol–water partition coefficient (Wildman–Crippen LogP) is 2.69. The lowest BCUT2D eigenvalue weighted by molar-refractivity contribution is 0.229. The fourth-order valence-electron chi connectivity index (χ4n) is 2.75. The van der Waals surface area contributed by atoms with E-state index in [9.17, 15) is 12.8 Å². The molecule has 0 saturated carbocycles. The SMILES string of the molecule is CCNC(=NCC(C)Oc1ccc(F)cc1)N1CCS(=O)(=O)C(C)(C)C1.I. The van der Waals surface area contributed by atoms with Crippen LogP contribution in [0.15, 0.2) is 29.3 Å². The van der Waals surface area contributed by atoms with Gasteiger partial charge < -0.3 is 15.0 Å². The maximum atomic E-state index is 13.0. The Labute approximate surface area is 178 Å². The molecule has 1 aromatic rings. The molecule has 1 atom stereocenters. The van der Waals surface area contributed by atoms with Crippen LogP contribution in [0.5, 0.6) is 5.75 Å². The van der Waals surface area contributed by atoms with Gasteiger partial charge in [0.25, 0.3) is 0 Å². The van der Waals surface area contributed by atoms with Crippen LogP contribution in [-0.2, 0) is 9.84 Å². The summed E-state index contributed by atoms with van der Waals surface area (Å²) in [6.07, 6.45) is -0.198. The summed E-state index contributed by atoms with van der Waals surface area (Å²) in [5, 5.41) is 3.22. The monoisotopic (exact) mass is 513 g/mol. The van der Waals surface area contributed by atoms with Gasteiger partial charge in [0.15, 0.2) is 15.8 Å². The fraction of sp³-hybridized carbons (Fsp3) is 0.611. The molecule has 0 aromatic heterocycles. The van der Waals surface area contributed by atoms with Crippen molar-refractivity contribution >= 4 is 39.8 Å². The second-order valence-electron chi connectivity index (χ2n) is 7.08. The lowest BCUT2D eigenvalue weighted by Gasteiger charge is -2.39. The van der Waals surface area contributed by atoms with E-state index >= 15 is 0 Å². The standard InChI is InChI=1S/C18H28FN3O3S.HI/c1-5-20-17(22-10-11-26(23,24)18(3,4)13-22)21-12-14(2)25-16-8-6-15(19)7-9-16;/h6-9,14H,5,10-13H2,1-4H3,(H,20,21);1H. The molecule has 6 nitrogen and oxygen atoms in total. The van der Waals surface area contributed by atoms with Gasteiger partial charge in [0.05, 0.1) is 17.0 Å². The van der Waals surface area contributed by atoms with E-state index in [1.54, 1.807) is 26.0 Å². The number of guanidine groups is 1. The average Bonchev–Trinajstić information content (AvgIpc) is 2.56. The molecule has 0 bridgehead atoms. The molecule has 1 aliphatic rings. The van der Waals surface area contributed by atoms with Crippen LogP contribution in [-0.4, -0.2) is 62.1 Å². The maximum Gasteiger partial charge on any atom is 0.194 e. The summed E-state index contributed by atoms with van der Waals surface area (Å²) in [4.78, 5) is 6.58. The van der Waals surface area contributed by atoms with Crippen molar-refractivity contribution in [1.29, 1.82) is 0 Å². The molecule has 0 amide bonds. The first-order valence-electron chi connectivity index (χ1n) is 8.82. The Balaban J connectivity index is 0.00000364. The highest BCUT2D eigenvalue weighted by Crippen LogP contribution is 2.23. The van der Waals surface area contributed by atoms with Crippen molar-refractivity contribution in [3.63, 3.8) is 0 Å². The summed E-state index contributed by atoms with van der Waals surface area (Å²) >= 11 is 0. The van der Waals surface area contributed by atoms with Crippen molar-refractivity contribution in [3.8, 4) is 5.75 Å². The third-order valence-electron chi connectivity index (χ3n) is 4.33. The molecular weight excluding hydrogens is 484 g/mol. The van der Waals surface area contributed by atoms with E-state index < -0.39 is 14.6 Å². The van der Waals surface area contributed by atoms with Crippen LogP contribution in [0.25, 0.3) is 0 Å². The van der Waals surface area contributed by atoms with Crippen molar-refractivity contribution in [1.82, 2.24) is 10.2 Å². The Hall–Kier alpha value is -1.10. The van der Waals surface area contributed by atoms with Crippen LogP contribution in [0, 0.1) is 5.82 Å². The van der Waals surface area contributed by atoms with E-state index in [0.29, 0.717) is 37.9 Å². The molecule has 1 aromatic carbocycles. The van der Waals surface area contributed by atoms with Crippen molar-refractivity contribution < 1.29 is 17.5 Å². The number of sulfone groups is 1. The molecule has 1 aliphatic heterocycles. The number of hydrogen-bond donors (Lipinski definition) is 1. The minimum Gasteiger partial charge on any atom is -0.489 e. The molecule has 0 spiro atoms. The number of ether oxygens (including phenoxy) is 1. The number of nitrogens with zero attached hydrogens (tertiary/aromatic N) is 2. The Bertz CT molecular complexity index is 739. The lowest BCUT2D eigenvalue weighted by atomic mass is 10.2. The quantitative estimate of drug-likeness (QED) is 0.373. The van der Waals surface area contributed by atoms with Crippen LogP contribution in [0.3, 0.4) is 0 Å². The van der Waals surface area contributed by atoms with Gasteiger partial charge in [-0.25, -0.2) is 17.8 Å². The minimum absolute atomic E-state index is 0. The molecule has 1 N–H and O–H groups in total. The molecule has 0 radical (unpaired) electrons. The van der Waals surface area contributed by atoms with Crippen LogP contribution >= 0.6 is 24.0 Å². The third kappa shape index (κ3) is 6.48. The van der Waals surface area contributed by atoms with Gasteiger partial charge in [-0.1, -0.05) is 0 Å². The molecular formula is C18H29FIN3O3S. The van der Waals surface area contributed by atoms with Gasteiger partial charge in [-0.15, -0.1) is 24.0 Å². The van der Waals surface area contributed by atoms with Crippen LogP contribution in [0.1, 0.15) is 27.7 Å². The highest BCUT2D eigenvalue weighted by atomic mass is 127. The van der Waals surface area contributed by atoms with E-state index in [1.807, 2.05) is 18.7 Å². The zero-order valence-electron chi connectivity index (χ0n) is 16.2. The van der Waals surface area contributed by atoms with Crippen molar-refractivity contribution in [2.75, 3.05) is 31.9 Å². The van der Waals surface area contributed by atoms with Crippen LogP contribution < -0.4 is 10.1 Å². The number of hydrogen-bond acceptors (Lipinski definition) is 4. The molecule has 27 heavy (non-hydrogen) atoms. The van der Waals surface area contributed by atoms with Crippen molar-refractivity contribution in [3.05, 3.63) is 30.1 Å². The number of halogens is 2. The van der Waals surface area contributed by atoms with E-state index in [1.165, 1.54) is 12.1 Å². The van der Waals surface area contributed by atoms with Gasteiger partial charge in [-0.3, -0.25) is 0 Å². The number of rotatable bonds is 5. The molecule has 1 unspecified atom stereocenters. The molecule has 154 valence electrons. The summed E-state index contributed by atoms with van der Waals surface area (Å²) in [5.74, 6) is 1.08. The average molecular weight is 513 g/mol. The van der Waals surface area contributed by atoms with Gasteiger partial charge in [0.2, 0.25) is 0 Å². The normalized spacial score (nSPS) is 19.7. The van der Waals surface area contributed by atoms with Gasteiger partial charge >= 0.3 is 0 Å². The molecule has 0 aliphatic carbocycles. The van der Waals surface area contributed by atoms with E-state index in [0.717, 1.165) is 0 Å². The summed E-state index contributed by atoms with van der Waals surface area (Å²) in [5.41, 5.74) is 0. The second-order valence-corrected chi connectivity index (χ2v) is 9.82. The lowest BCUT2D eigenvalue weighted by Crippen LogP contribution is -2.57. The molecule has 1 fully saturated rings. The topological polar surface area (TPSA) is 71.0 Å². The van der Waals surface area contributed by atoms with Crippen LogP contribution in [0.2, 0.25) is 0 Å².